The van der Waals surface area contributed by atoms with E-state index in [1.54, 1.807) is 6.07 Å². The van der Waals surface area contributed by atoms with E-state index in [2.05, 4.69) is 14.7 Å². The quantitative estimate of drug-likeness (QED) is 0.825. The molecule has 1 atom stereocenters. The van der Waals surface area contributed by atoms with E-state index >= 15 is 0 Å². The van der Waals surface area contributed by atoms with Crippen LogP contribution in [-0.4, -0.2) is 41.6 Å². The van der Waals surface area contributed by atoms with Crippen LogP contribution in [0.1, 0.15) is 17.8 Å². The number of nitrogens with one attached hydrogen (secondary N) is 1. The van der Waals surface area contributed by atoms with Crippen LogP contribution in [0.15, 0.2) is 46.5 Å². The van der Waals surface area contributed by atoms with Gasteiger partial charge in [-0.2, -0.15) is 13.2 Å². The fraction of sp³-hybridized carbons (Fsp3) is 0.333. The van der Waals surface area contributed by atoms with Gasteiger partial charge in [-0.1, -0.05) is 12.1 Å². The second-order valence-corrected chi connectivity index (χ2v) is 7.45. The smallest absolute Gasteiger partial charge is 0.374 e. The number of hydrogen-bond acceptors (Lipinski definition) is 5. The molecule has 140 valence electrons. The molecule has 11 heteroatoms. The van der Waals surface area contributed by atoms with Crippen molar-refractivity contribution in [1.29, 1.82) is 0 Å². The van der Waals surface area contributed by atoms with Gasteiger partial charge >= 0.3 is 6.18 Å². The SMILES string of the molecule is Cn1ccnc1C(O)(CCN=C1NS(=O)(=O)c2ccccc21)C(F)(F)F. The van der Waals surface area contributed by atoms with E-state index in [0.717, 1.165) is 10.8 Å². The van der Waals surface area contributed by atoms with E-state index in [1.165, 1.54) is 31.4 Å². The number of rotatable bonds is 4. The molecule has 0 amide bonds. The van der Waals surface area contributed by atoms with Gasteiger partial charge in [-0.05, 0) is 12.1 Å². The highest BCUT2D eigenvalue weighted by Crippen LogP contribution is 2.40. The molecule has 0 fully saturated rings. The maximum Gasteiger partial charge on any atom is 0.424 e. The van der Waals surface area contributed by atoms with Crippen LogP contribution in [-0.2, 0) is 22.7 Å². The Morgan fingerprint density at radius 3 is 2.62 bits per heavy atom. The number of hydrogen-bond donors (Lipinski definition) is 2. The van der Waals surface area contributed by atoms with Gasteiger partial charge in [0.05, 0.1) is 4.90 Å². The summed E-state index contributed by atoms with van der Waals surface area (Å²) in [6.07, 6.45) is -3.34. The largest absolute Gasteiger partial charge is 0.424 e. The molecule has 0 radical (unpaired) electrons. The van der Waals surface area contributed by atoms with Crippen LogP contribution < -0.4 is 4.72 Å². The van der Waals surface area contributed by atoms with Crippen molar-refractivity contribution in [2.24, 2.45) is 12.0 Å². The van der Waals surface area contributed by atoms with Crippen molar-refractivity contribution in [1.82, 2.24) is 14.3 Å². The van der Waals surface area contributed by atoms with E-state index in [4.69, 9.17) is 0 Å². The number of aliphatic imine (C=N–C) groups is 1. The Morgan fingerprint density at radius 1 is 1.31 bits per heavy atom. The maximum absolute atomic E-state index is 13.4. The summed E-state index contributed by atoms with van der Waals surface area (Å²) in [6, 6.07) is 6.00. The molecule has 1 aromatic heterocycles. The molecule has 1 unspecified atom stereocenters. The van der Waals surface area contributed by atoms with Crippen molar-refractivity contribution >= 4 is 15.9 Å². The summed E-state index contributed by atoms with van der Waals surface area (Å²) < 4.78 is 67.6. The van der Waals surface area contributed by atoms with Crippen molar-refractivity contribution in [2.45, 2.75) is 23.1 Å². The standard InChI is InChI=1S/C15H15F3N4O3S/c1-22-9-8-20-13(22)14(23,15(16,17)18)6-7-19-12-10-4-2-3-5-11(10)26(24,25)21-12/h2-5,8-9,23H,6-7H2,1H3,(H,19,21). The lowest BCUT2D eigenvalue weighted by atomic mass is 9.98. The Morgan fingerprint density at radius 2 is 2.00 bits per heavy atom. The highest BCUT2D eigenvalue weighted by atomic mass is 32.2. The Balaban J connectivity index is 1.88. The fourth-order valence-electron chi connectivity index (χ4n) is 2.73. The van der Waals surface area contributed by atoms with Gasteiger partial charge < -0.3 is 9.67 Å². The first kappa shape index (κ1) is 18.4. The van der Waals surface area contributed by atoms with Crippen molar-refractivity contribution in [3.8, 4) is 0 Å². The average Bonchev–Trinajstić information content (AvgIpc) is 3.09. The molecule has 2 aromatic rings. The van der Waals surface area contributed by atoms with Gasteiger partial charge in [0.1, 0.15) is 11.7 Å². The zero-order valence-corrected chi connectivity index (χ0v) is 14.3. The monoisotopic (exact) mass is 388 g/mol. The van der Waals surface area contributed by atoms with Gasteiger partial charge in [0.15, 0.2) is 0 Å². The van der Waals surface area contributed by atoms with E-state index in [1.807, 2.05) is 0 Å². The van der Waals surface area contributed by atoms with Crippen LogP contribution in [0.5, 0.6) is 0 Å². The maximum atomic E-state index is 13.4. The Kier molecular flexibility index (Phi) is 4.31. The molecular weight excluding hydrogens is 373 g/mol. The summed E-state index contributed by atoms with van der Waals surface area (Å²) in [5.41, 5.74) is -2.92. The minimum atomic E-state index is -4.97. The summed E-state index contributed by atoms with van der Waals surface area (Å²) in [5.74, 6) is -0.609. The second kappa shape index (κ2) is 6.09. The van der Waals surface area contributed by atoms with Crippen LogP contribution >= 0.6 is 0 Å². The summed E-state index contributed by atoms with van der Waals surface area (Å²) in [6.45, 7) is -0.463. The minimum absolute atomic E-state index is 0.00827. The van der Waals surface area contributed by atoms with Crippen molar-refractivity contribution < 1.29 is 26.7 Å². The van der Waals surface area contributed by atoms with Gasteiger partial charge in [-0.3, -0.25) is 9.71 Å². The van der Waals surface area contributed by atoms with Crippen LogP contribution in [0.3, 0.4) is 0 Å². The topological polar surface area (TPSA) is 96.6 Å². The number of imidazole rings is 1. The molecule has 0 aliphatic carbocycles. The van der Waals surface area contributed by atoms with Gasteiger partial charge in [0.2, 0.25) is 5.60 Å². The average molecular weight is 388 g/mol. The Labute approximate surface area is 147 Å². The Bertz CT molecular complexity index is 969. The molecule has 0 spiro atoms. The number of benzene rings is 1. The van der Waals surface area contributed by atoms with Gasteiger partial charge in [-0.25, -0.2) is 13.4 Å². The molecule has 3 rings (SSSR count). The first-order valence-corrected chi connectivity index (χ1v) is 8.98. The van der Waals surface area contributed by atoms with Crippen LogP contribution in [0.25, 0.3) is 0 Å². The third-order valence-corrected chi connectivity index (χ3v) is 5.46. The number of alkyl halides is 3. The number of amidine groups is 1. The highest BCUT2D eigenvalue weighted by Gasteiger charge is 2.57. The lowest BCUT2D eigenvalue weighted by Gasteiger charge is -2.29. The third-order valence-electron chi connectivity index (χ3n) is 4.07. The summed E-state index contributed by atoms with van der Waals surface area (Å²) >= 11 is 0. The molecule has 26 heavy (non-hydrogen) atoms. The van der Waals surface area contributed by atoms with Crippen molar-refractivity contribution in [3.63, 3.8) is 0 Å². The van der Waals surface area contributed by atoms with Crippen LogP contribution in [0.4, 0.5) is 13.2 Å². The molecule has 2 N–H and O–H groups in total. The lowest BCUT2D eigenvalue weighted by Crippen LogP contribution is -2.45. The molecular formula is C15H15F3N4O3S. The van der Waals surface area contributed by atoms with Gasteiger partial charge in [-0.15, -0.1) is 0 Å². The van der Waals surface area contributed by atoms with Crippen molar-refractivity contribution in [3.05, 3.63) is 48.0 Å². The summed E-state index contributed by atoms with van der Waals surface area (Å²) in [5, 5.41) is 10.2. The number of aromatic nitrogens is 2. The summed E-state index contributed by atoms with van der Waals surface area (Å²) in [4.78, 5) is 7.53. The Hall–Kier alpha value is -2.40. The number of aryl methyl sites for hydroxylation is 1. The third kappa shape index (κ3) is 2.97. The van der Waals surface area contributed by atoms with Crippen LogP contribution in [0.2, 0.25) is 0 Å². The molecule has 1 aromatic carbocycles. The van der Waals surface area contributed by atoms with Crippen LogP contribution in [0, 0.1) is 0 Å². The zero-order chi connectivity index (χ0) is 19.2. The molecule has 1 aliphatic rings. The highest BCUT2D eigenvalue weighted by molar-refractivity contribution is 7.90. The van der Waals surface area contributed by atoms with Crippen molar-refractivity contribution in [2.75, 3.05) is 6.54 Å². The first-order chi connectivity index (χ1) is 12.1. The molecule has 0 saturated heterocycles. The fourth-order valence-corrected chi connectivity index (χ4v) is 3.98. The molecule has 0 saturated carbocycles. The second-order valence-electron chi connectivity index (χ2n) is 5.80. The molecule has 7 nitrogen and oxygen atoms in total. The zero-order valence-electron chi connectivity index (χ0n) is 13.5. The number of aliphatic hydroxyl groups is 1. The predicted molar refractivity (Wildman–Crippen MR) is 85.9 cm³/mol. The number of nitrogens with zero attached hydrogens (tertiary/aromatic N) is 3. The number of sulfonamides is 1. The summed E-state index contributed by atoms with van der Waals surface area (Å²) in [7, 11) is -2.44. The predicted octanol–water partition coefficient (Wildman–Crippen LogP) is 1.30. The number of halogens is 3. The van der Waals surface area contributed by atoms with E-state index in [9.17, 15) is 26.7 Å². The lowest BCUT2D eigenvalue weighted by molar-refractivity contribution is -0.272. The molecule has 1 aliphatic heterocycles. The van der Waals surface area contributed by atoms with Gasteiger partial charge in [0.25, 0.3) is 10.0 Å². The first-order valence-electron chi connectivity index (χ1n) is 7.50. The van der Waals surface area contributed by atoms with E-state index in [-0.39, 0.29) is 16.3 Å². The van der Waals surface area contributed by atoms with E-state index in [0.29, 0.717) is 0 Å². The molecule has 2 heterocycles. The number of fused-ring (bicyclic) bond motifs is 1. The van der Waals surface area contributed by atoms with E-state index < -0.39 is 40.6 Å². The van der Waals surface area contributed by atoms with Gasteiger partial charge in [0, 0.05) is 38.0 Å². The molecule has 0 bridgehead atoms. The normalized spacial score (nSPS) is 19.8. The minimum Gasteiger partial charge on any atom is -0.374 e.